The molecule has 0 radical (unpaired) electrons. The lowest BCUT2D eigenvalue weighted by atomic mass is 9.85. The van der Waals surface area contributed by atoms with Gasteiger partial charge in [-0.2, -0.15) is 0 Å². The zero-order valence-electron chi connectivity index (χ0n) is 24.4. The van der Waals surface area contributed by atoms with Crippen LogP contribution in [-0.2, 0) is 14.3 Å². The van der Waals surface area contributed by atoms with Crippen LogP contribution in [0, 0.1) is 5.92 Å². The summed E-state index contributed by atoms with van der Waals surface area (Å²) in [6.07, 6.45) is 4.31. The number of piperidine rings is 2. The fourth-order valence-electron chi connectivity index (χ4n) is 5.56. The Morgan fingerprint density at radius 3 is 2.30 bits per heavy atom. The maximum Gasteiger partial charge on any atom is 0.410 e. The Labute approximate surface area is 237 Å². The molecular formula is C30H44N4O6. The summed E-state index contributed by atoms with van der Waals surface area (Å²) in [5.41, 5.74) is -0.0354. The molecule has 0 aromatic heterocycles. The van der Waals surface area contributed by atoms with Crippen molar-refractivity contribution in [3.05, 3.63) is 29.8 Å². The minimum Gasteiger partial charge on any atom is -0.490 e. The molecular weight excluding hydrogens is 512 g/mol. The molecule has 1 atom stereocenters. The number of nitrogens with one attached hydrogen (secondary N) is 2. The Morgan fingerprint density at radius 1 is 1.07 bits per heavy atom. The van der Waals surface area contributed by atoms with Crippen LogP contribution < -0.4 is 15.4 Å². The van der Waals surface area contributed by atoms with Gasteiger partial charge < -0.3 is 19.7 Å². The number of ether oxygens (including phenoxy) is 2. The molecule has 0 spiro atoms. The lowest BCUT2D eigenvalue weighted by molar-refractivity contribution is -0.134. The number of hydrogen-bond donors (Lipinski definition) is 2. The predicted molar refractivity (Wildman–Crippen MR) is 150 cm³/mol. The van der Waals surface area contributed by atoms with E-state index in [4.69, 9.17) is 9.47 Å². The van der Waals surface area contributed by atoms with E-state index in [0.29, 0.717) is 35.7 Å². The van der Waals surface area contributed by atoms with Gasteiger partial charge in [-0.1, -0.05) is 0 Å². The highest BCUT2D eigenvalue weighted by atomic mass is 16.6. The summed E-state index contributed by atoms with van der Waals surface area (Å²) in [5, 5.41) is 4.94. The van der Waals surface area contributed by atoms with Gasteiger partial charge in [-0.05, 0) is 84.1 Å². The van der Waals surface area contributed by atoms with Gasteiger partial charge in [0, 0.05) is 56.5 Å². The van der Waals surface area contributed by atoms with Crippen LogP contribution in [0.3, 0.4) is 0 Å². The molecule has 10 nitrogen and oxygen atoms in total. The smallest absolute Gasteiger partial charge is 0.410 e. The number of carbonyl (C=O) groups is 4. The van der Waals surface area contributed by atoms with Crippen LogP contribution in [0.15, 0.2) is 24.3 Å². The normalized spacial score (nSPS) is 24.0. The first-order chi connectivity index (χ1) is 18.9. The second-order valence-corrected chi connectivity index (χ2v) is 12.6. The van der Waals surface area contributed by atoms with Crippen LogP contribution in [-0.4, -0.2) is 83.1 Å². The number of carbonyl (C=O) groups excluding carboxylic acids is 4. The molecule has 2 saturated heterocycles. The second kappa shape index (κ2) is 12.6. The molecule has 1 unspecified atom stereocenters. The van der Waals surface area contributed by atoms with Gasteiger partial charge >= 0.3 is 6.09 Å². The van der Waals surface area contributed by atoms with Crippen molar-refractivity contribution in [1.82, 2.24) is 20.4 Å². The third kappa shape index (κ3) is 7.96. The Hall–Kier alpha value is -3.14. The minimum atomic E-state index is -0.700. The topological polar surface area (TPSA) is 117 Å². The van der Waals surface area contributed by atoms with Gasteiger partial charge in [0.05, 0.1) is 0 Å². The standard InChI is InChI=1S/C30H44N4O6/c1-19(2)34(18-20-12-14-33(15-13-20)29(38)40-30(3,4)5)22-16-24(17-22)39-23-8-6-21(7-9-23)27(36)31-25-10-11-26(35)32-28(25)37/h6-9,19-20,22,24-25H,10-18H2,1-5H3,(H,31,36)(H,32,35,37)/t22-,24-,25?. The van der Waals surface area contributed by atoms with Gasteiger partial charge in [-0.25, -0.2) is 4.79 Å². The molecule has 1 aromatic rings. The van der Waals surface area contributed by atoms with E-state index in [0.717, 1.165) is 45.3 Å². The summed E-state index contributed by atoms with van der Waals surface area (Å²) < 4.78 is 11.7. The number of nitrogens with zero attached hydrogens (tertiary/aromatic N) is 2. The van der Waals surface area contributed by atoms with Crippen molar-refractivity contribution in [2.24, 2.45) is 5.92 Å². The quantitative estimate of drug-likeness (QED) is 0.471. The van der Waals surface area contributed by atoms with E-state index in [9.17, 15) is 19.2 Å². The third-order valence-electron chi connectivity index (χ3n) is 7.90. The van der Waals surface area contributed by atoms with Crippen molar-refractivity contribution < 1.29 is 28.7 Å². The molecule has 4 rings (SSSR count). The molecule has 3 aliphatic rings. The van der Waals surface area contributed by atoms with Crippen LogP contribution in [0.25, 0.3) is 0 Å². The maximum atomic E-state index is 12.5. The summed E-state index contributed by atoms with van der Waals surface area (Å²) in [4.78, 5) is 52.5. The molecule has 0 bridgehead atoms. The van der Waals surface area contributed by atoms with Crippen LogP contribution in [0.5, 0.6) is 5.75 Å². The third-order valence-corrected chi connectivity index (χ3v) is 7.90. The van der Waals surface area contributed by atoms with Crippen molar-refractivity contribution in [3.63, 3.8) is 0 Å². The van der Waals surface area contributed by atoms with Crippen LogP contribution in [0.1, 0.15) is 83.5 Å². The van der Waals surface area contributed by atoms with Crippen LogP contribution in [0.4, 0.5) is 4.79 Å². The Morgan fingerprint density at radius 2 is 1.73 bits per heavy atom. The van der Waals surface area contributed by atoms with Gasteiger partial charge in [0.1, 0.15) is 23.5 Å². The monoisotopic (exact) mass is 556 g/mol. The summed E-state index contributed by atoms with van der Waals surface area (Å²) >= 11 is 0. The highest BCUT2D eigenvalue weighted by molar-refractivity contribution is 6.03. The number of rotatable bonds is 8. The van der Waals surface area contributed by atoms with E-state index < -0.39 is 17.6 Å². The average molecular weight is 557 g/mol. The highest BCUT2D eigenvalue weighted by Crippen LogP contribution is 2.33. The molecule has 2 aliphatic heterocycles. The SMILES string of the molecule is CC(C)N(CC1CCN(C(=O)OC(C)(C)C)CC1)[C@H]1C[C@H](Oc2ccc(C(=O)NC3CCC(=O)NC3=O)cc2)C1. The lowest BCUT2D eigenvalue weighted by Gasteiger charge is -2.46. The number of amides is 4. The van der Waals surface area contributed by atoms with Crippen molar-refractivity contribution >= 4 is 23.8 Å². The zero-order chi connectivity index (χ0) is 29.0. The Bertz CT molecular complexity index is 1070. The van der Waals surface area contributed by atoms with Gasteiger partial charge in [0.25, 0.3) is 5.91 Å². The second-order valence-electron chi connectivity index (χ2n) is 12.6. The van der Waals surface area contributed by atoms with E-state index in [1.54, 1.807) is 24.3 Å². The summed E-state index contributed by atoms with van der Waals surface area (Å²) in [6.45, 7) is 12.7. The largest absolute Gasteiger partial charge is 0.490 e. The minimum absolute atomic E-state index is 0.128. The molecule has 10 heteroatoms. The van der Waals surface area contributed by atoms with E-state index in [2.05, 4.69) is 29.4 Å². The number of benzene rings is 1. The van der Waals surface area contributed by atoms with Gasteiger partial charge in [-0.15, -0.1) is 0 Å². The highest BCUT2D eigenvalue weighted by Gasteiger charge is 2.38. The van der Waals surface area contributed by atoms with Gasteiger partial charge in [0.15, 0.2) is 0 Å². The maximum absolute atomic E-state index is 12.5. The first kappa shape index (κ1) is 29.8. The van der Waals surface area contributed by atoms with Gasteiger partial charge in [-0.3, -0.25) is 24.6 Å². The van der Waals surface area contributed by atoms with E-state index >= 15 is 0 Å². The molecule has 220 valence electrons. The zero-order valence-corrected chi connectivity index (χ0v) is 24.4. The van der Waals surface area contributed by atoms with Gasteiger partial charge in [0.2, 0.25) is 11.8 Å². The summed E-state index contributed by atoms with van der Waals surface area (Å²) in [5.74, 6) is 0.138. The fraction of sp³-hybridized carbons (Fsp3) is 0.667. The molecule has 1 saturated carbocycles. The van der Waals surface area contributed by atoms with Crippen LogP contribution >= 0.6 is 0 Å². The van der Waals surface area contributed by atoms with E-state index in [1.165, 1.54) is 0 Å². The van der Waals surface area contributed by atoms with Crippen molar-refractivity contribution in [1.29, 1.82) is 0 Å². The Balaban J connectivity index is 1.20. The average Bonchev–Trinajstić information content (AvgIpc) is 2.86. The number of imide groups is 1. The fourth-order valence-corrected chi connectivity index (χ4v) is 5.56. The van der Waals surface area contributed by atoms with E-state index in [-0.39, 0.29) is 30.4 Å². The van der Waals surface area contributed by atoms with Crippen LogP contribution in [0.2, 0.25) is 0 Å². The first-order valence-corrected chi connectivity index (χ1v) is 14.5. The summed E-state index contributed by atoms with van der Waals surface area (Å²) in [7, 11) is 0. The molecule has 3 fully saturated rings. The molecule has 1 aliphatic carbocycles. The lowest BCUT2D eigenvalue weighted by Crippen LogP contribution is -2.54. The Kier molecular flexibility index (Phi) is 9.38. The number of likely N-dealkylation sites (tertiary alicyclic amines) is 1. The molecule has 1 aromatic carbocycles. The molecule has 2 N–H and O–H groups in total. The van der Waals surface area contributed by atoms with Crippen molar-refractivity contribution in [2.75, 3.05) is 19.6 Å². The van der Waals surface area contributed by atoms with Crippen molar-refractivity contribution in [3.8, 4) is 5.75 Å². The summed E-state index contributed by atoms with van der Waals surface area (Å²) in [6, 6.07) is 7.14. The van der Waals surface area contributed by atoms with Crippen molar-refractivity contribution in [2.45, 2.75) is 103 Å². The molecule has 4 amide bonds. The molecule has 40 heavy (non-hydrogen) atoms. The first-order valence-electron chi connectivity index (χ1n) is 14.5. The number of hydrogen-bond acceptors (Lipinski definition) is 7. The van der Waals surface area contributed by atoms with E-state index in [1.807, 2.05) is 25.7 Å². The molecule has 2 heterocycles. The predicted octanol–water partition coefficient (Wildman–Crippen LogP) is 3.49.